The average Bonchev–Trinajstić information content (AvgIpc) is 3.32. The molecule has 1 unspecified atom stereocenters. The van der Waals surface area contributed by atoms with Crippen LogP contribution in [0.4, 0.5) is 0 Å². The molecule has 0 fully saturated rings. The lowest BCUT2D eigenvalue weighted by molar-refractivity contribution is -0.132. The molecule has 242 valence electrons. The molecule has 8 nitrogen and oxygen atoms in total. The molecule has 0 saturated carbocycles. The van der Waals surface area contributed by atoms with Gasteiger partial charge in [0.05, 0.1) is 16.8 Å². The van der Waals surface area contributed by atoms with Gasteiger partial charge in [0.15, 0.2) is 5.78 Å². The van der Waals surface area contributed by atoms with Gasteiger partial charge in [-0.05, 0) is 73.7 Å². The number of carbonyl (C=O) groups excluding carboxylic acids is 4. The van der Waals surface area contributed by atoms with Gasteiger partial charge in [0.25, 0.3) is 0 Å². The van der Waals surface area contributed by atoms with Crippen LogP contribution in [-0.4, -0.2) is 33.8 Å². The van der Waals surface area contributed by atoms with Gasteiger partial charge in [-0.3, -0.25) is 19.2 Å². The summed E-state index contributed by atoms with van der Waals surface area (Å²) in [7, 11) is 0. The van der Waals surface area contributed by atoms with Gasteiger partial charge in [-0.1, -0.05) is 52.9 Å². The van der Waals surface area contributed by atoms with Gasteiger partial charge >= 0.3 is 11.9 Å². The Morgan fingerprint density at radius 1 is 0.761 bits per heavy atom. The Kier molecular flexibility index (Phi) is 11.6. The Labute approximate surface area is 270 Å². The van der Waals surface area contributed by atoms with Gasteiger partial charge in [-0.25, -0.2) is 0 Å². The van der Waals surface area contributed by atoms with Gasteiger partial charge in [0.1, 0.15) is 11.5 Å². The number of ketones is 2. The molecule has 1 N–H and O–H groups in total. The first-order valence-corrected chi connectivity index (χ1v) is 16.3. The molecule has 0 aliphatic heterocycles. The first kappa shape index (κ1) is 34.3. The maximum Gasteiger partial charge on any atom is 0.308 e. The van der Waals surface area contributed by atoms with Gasteiger partial charge in [0, 0.05) is 53.9 Å². The van der Waals surface area contributed by atoms with Crippen molar-refractivity contribution in [1.29, 1.82) is 5.41 Å². The summed E-state index contributed by atoms with van der Waals surface area (Å²) in [5.41, 5.74) is 2.75. The number of nitrogens with one attached hydrogen (secondary N) is 1. The second-order valence-corrected chi connectivity index (χ2v) is 11.9. The van der Waals surface area contributed by atoms with E-state index in [9.17, 15) is 19.2 Å². The molecule has 8 heteroatoms. The number of nitrogens with zero attached hydrogens (tertiary/aromatic N) is 1. The topological polar surface area (TPSA) is 116 Å². The van der Waals surface area contributed by atoms with Crippen molar-refractivity contribution in [1.82, 2.24) is 4.57 Å². The molecule has 4 rings (SSSR count). The molecule has 0 amide bonds. The van der Waals surface area contributed by atoms with Crippen molar-refractivity contribution in [3.63, 3.8) is 0 Å². The van der Waals surface area contributed by atoms with E-state index in [1.807, 2.05) is 12.1 Å². The van der Waals surface area contributed by atoms with Crippen molar-refractivity contribution in [2.75, 3.05) is 0 Å². The average molecular weight is 625 g/mol. The van der Waals surface area contributed by atoms with Crippen LogP contribution in [0.5, 0.6) is 11.5 Å². The number of Topliss-reactive ketones (excluding diaryl/α,β-unsaturated/α-hetero) is 1. The fraction of sp³-hybridized carbons (Fsp3) is 0.395. The van der Waals surface area contributed by atoms with Crippen LogP contribution in [-0.2, 0) is 16.1 Å². The minimum absolute atomic E-state index is 0.0244. The minimum Gasteiger partial charge on any atom is -0.427 e. The van der Waals surface area contributed by atoms with Crippen LogP contribution in [0.25, 0.3) is 21.8 Å². The molecule has 0 spiro atoms. The third kappa shape index (κ3) is 7.97. The number of benzene rings is 3. The zero-order valence-electron chi connectivity index (χ0n) is 27.5. The molecule has 0 bridgehead atoms. The van der Waals surface area contributed by atoms with Crippen LogP contribution in [0.3, 0.4) is 0 Å². The summed E-state index contributed by atoms with van der Waals surface area (Å²) in [4.78, 5) is 50.7. The van der Waals surface area contributed by atoms with Gasteiger partial charge in [-0.2, -0.15) is 0 Å². The first-order chi connectivity index (χ1) is 22.1. The Morgan fingerprint density at radius 3 is 2.04 bits per heavy atom. The summed E-state index contributed by atoms with van der Waals surface area (Å²) in [5, 5.41) is 10.1. The molecule has 0 aliphatic rings. The lowest BCUT2D eigenvalue weighted by atomic mass is 9.98. The molecular weight excluding hydrogens is 580 g/mol. The van der Waals surface area contributed by atoms with Crippen LogP contribution in [0, 0.1) is 11.3 Å². The summed E-state index contributed by atoms with van der Waals surface area (Å²) >= 11 is 0. The Bertz CT molecular complexity index is 1770. The van der Waals surface area contributed by atoms with E-state index in [1.165, 1.54) is 13.8 Å². The number of hydrogen-bond donors (Lipinski definition) is 1. The molecular formula is C38H44N2O6. The Balaban J connectivity index is 1.89. The second kappa shape index (κ2) is 15.6. The molecule has 0 saturated heterocycles. The Hall–Kier alpha value is -4.59. The maximum atomic E-state index is 13.6. The maximum absolute atomic E-state index is 13.6. The third-order valence-corrected chi connectivity index (χ3v) is 8.39. The molecule has 1 heterocycles. The van der Waals surface area contributed by atoms with Crippen molar-refractivity contribution in [2.24, 2.45) is 5.92 Å². The summed E-state index contributed by atoms with van der Waals surface area (Å²) < 4.78 is 12.9. The number of hydrogen-bond acceptors (Lipinski definition) is 7. The molecule has 1 aromatic heterocycles. The predicted octanol–water partition coefficient (Wildman–Crippen LogP) is 8.88. The molecule has 0 aliphatic carbocycles. The lowest BCUT2D eigenvalue weighted by Gasteiger charge is -2.18. The summed E-state index contributed by atoms with van der Waals surface area (Å²) in [6, 6.07) is 15.5. The van der Waals surface area contributed by atoms with Crippen molar-refractivity contribution in [3.05, 3.63) is 71.3 Å². The number of carbonyl (C=O) groups is 4. The van der Waals surface area contributed by atoms with Crippen LogP contribution in [0.1, 0.15) is 112 Å². The van der Waals surface area contributed by atoms with E-state index >= 15 is 0 Å². The van der Waals surface area contributed by atoms with Crippen molar-refractivity contribution in [3.8, 4) is 11.5 Å². The molecule has 46 heavy (non-hydrogen) atoms. The van der Waals surface area contributed by atoms with Gasteiger partial charge in [0.2, 0.25) is 5.78 Å². The highest BCUT2D eigenvalue weighted by atomic mass is 16.5. The number of aromatic nitrogens is 1. The standard InChI is InChI=1S/C38H44N2O6/c1-6-9-11-13-33(39)38(44)32-21-31-30-20-28(37(43)27-14-17-29(18-15-27)45-24(4)41)16-19-34(30)40(23-26(8-3)12-10-7-2)35(31)22-36(32)46-25(5)42/h14-22,26,39H,6-13,23H2,1-5H3. The van der Waals surface area contributed by atoms with E-state index in [2.05, 4.69) is 25.3 Å². The number of ether oxygens (including phenoxy) is 2. The van der Waals surface area contributed by atoms with E-state index in [0.717, 1.165) is 73.3 Å². The molecule has 3 aromatic carbocycles. The molecule has 1 atom stereocenters. The van der Waals surface area contributed by atoms with Crippen LogP contribution in [0.15, 0.2) is 54.6 Å². The summed E-state index contributed by atoms with van der Waals surface area (Å²) in [6.45, 7) is 9.77. The Morgan fingerprint density at radius 2 is 1.41 bits per heavy atom. The second-order valence-electron chi connectivity index (χ2n) is 11.9. The lowest BCUT2D eigenvalue weighted by Crippen LogP contribution is -2.16. The quantitative estimate of drug-likeness (QED) is 0.0438. The van der Waals surface area contributed by atoms with Crippen molar-refractivity contribution < 1.29 is 28.7 Å². The predicted molar refractivity (Wildman–Crippen MR) is 181 cm³/mol. The number of fused-ring (bicyclic) bond motifs is 3. The van der Waals surface area contributed by atoms with Crippen molar-refractivity contribution in [2.45, 2.75) is 92.5 Å². The largest absolute Gasteiger partial charge is 0.427 e. The van der Waals surface area contributed by atoms with Gasteiger partial charge < -0.3 is 19.5 Å². The molecule has 0 radical (unpaired) electrons. The SMILES string of the molecule is CCCCCC(=N)C(=O)c1cc2c3cc(C(=O)c4ccc(OC(C)=O)cc4)ccc3n(CC(CC)CCCC)c2cc1OC(C)=O. The van der Waals surface area contributed by atoms with Crippen LogP contribution < -0.4 is 9.47 Å². The van der Waals surface area contributed by atoms with E-state index < -0.39 is 17.7 Å². The fourth-order valence-electron chi connectivity index (χ4n) is 5.89. The highest BCUT2D eigenvalue weighted by Gasteiger charge is 2.24. The molecule has 4 aromatic rings. The highest BCUT2D eigenvalue weighted by molar-refractivity contribution is 6.46. The first-order valence-electron chi connectivity index (χ1n) is 16.3. The van der Waals surface area contributed by atoms with E-state index in [1.54, 1.807) is 42.5 Å². The minimum atomic E-state index is -0.546. The zero-order chi connectivity index (χ0) is 33.4. The van der Waals surface area contributed by atoms with E-state index in [-0.39, 0.29) is 22.8 Å². The van der Waals surface area contributed by atoms with E-state index in [0.29, 0.717) is 29.2 Å². The monoisotopic (exact) mass is 624 g/mol. The number of rotatable bonds is 16. The van der Waals surface area contributed by atoms with Gasteiger partial charge in [-0.15, -0.1) is 0 Å². The van der Waals surface area contributed by atoms with Crippen LogP contribution >= 0.6 is 0 Å². The van der Waals surface area contributed by atoms with E-state index in [4.69, 9.17) is 14.9 Å². The highest BCUT2D eigenvalue weighted by Crippen LogP contribution is 2.37. The fourth-order valence-corrected chi connectivity index (χ4v) is 5.89. The smallest absolute Gasteiger partial charge is 0.308 e. The number of unbranched alkanes of at least 4 members (excludes halogenated alkanes) is 3. The van der Waals surface area contributed by atoms with Crippen molar-refractivity contribution >= 4 is 51.0 Å². The summed E-state index contributed by atoms with van der Waals surface area (Å²) in [6.07, 6.45) is 7.23. The zero-order valence-corrected chi connectivity index (χ0v) is 27.5. The van der Waals surface area contributed by atoms with Crippen LogP contribution in [0.2, 0.25) is 0 Å². The normalized spacial score (nSPS) is 11.8. The summed E-state index contributed by atoms with van der Waals surface area (Å²) in [5.74, 6) is -0.748. The number of esters is 2. The third-order valence-electron chi connectivity index (χ3n) is 8.39.